The third kappa shape index (κ3) is 3.68. The molecule has 10 aromatic rings. The summed E-state index contributed by atoms with van der Waals surface area (Å²) < 4.78 is 5.40. The van der Waals surface area contributed by atoms with Crippen molar-refractivity contribution in [3.63, 3.8) is 0 Å². The van der Waals surface area contributed by atoms with Crippen molar-refractivity contribution in [2.45, 2.75) is 57.8 Å². The molecule has 0 amide bonds. The maximum Gasteiger partial charge on any atom is 0.252 e. The molecule has 3 aliphatic heterocycles. The third-order valence-corrected chi connectivity index (χ3v) is 15.0. The minimum atomic E-state index is -0.530. The number of fused-ring (bicyclic) bond motifs is 14. The van der Waals surface area contributed by atoms with Crippen LogP contribution >= 0.6 is 0 Å². The average molecular weight is 767 g/mol. The summed E-state index contributed by atoms with van der Waals surface area (Å²) in [5.41, 5.74) is 25.1. The maximum absolute atomic E-state index is 2.72. The lowest BCUT2D eigenvalue weighted by Crippen LogP contribution is -2.60. The van der Waals surface area contributed by atoms with Gasteiger partial charge in [-0.25, -0.2) is 0 Å². The molecule has 0 fully saturated rings. The molecule has 3 heteroatoms. The van der Waals surface area contributed by atoms with Crippen LogP contribution in [0.4, 0.5) is 0 Å². The van der Waals surface area contributed by atoms with Gasteiger partial charge >= 0.3 is 0 Å². The van der Waals surface area contributed by atoms with E-state index >= 15 is 0 Å². The molecule has 2 aromatic heterocycles. The second kappa shape index (κ2) is 10.6. The van der Waals surface area contributed by atoms with Crippen molar-refractivity contribution in [3.8, 4) is 33.6 Å². The normalized spacial score (nSPS) is 14.9. The smallest absolute Gasteiger partial charge is 0.252 e. The topological polar surface area (TPSA) is 9.86 Å². The van der Waals surface area contributed by atoms with Crippen LogP contribution in [0.2, 0.25) is 0 Å². The molecule has 0 atom stereocenters. The van der Waals surface area contributed by atoms with E-state index in [1.165, 1.54) is 127 Å². The number of nitrogens with zero attached hydrogens (tertiary/aromatic N) is 2. The van der Waals surface area contributed by atoms with Crippen LogP contribution in [0.3, 0.4) is 0 Å². The Morgan fingerprint density at radius 1 is 0.417 bits per heavy atom. The lowest BCUT2D eigenvalue weighted by molar-refractivity contribution is 0.569. The first-order valence-corrected chi connectivity index (χ1v) is 21.7. The van der Waals surface area contributed by atoms with E-state index in [4.69, 9.17) is 0 Å². The Morgan fingerprint density at radius 2 is 0.933 bits per heavy atom. The van der Waals surface area contributed by atoms with Gasteiger partial charge < -0.3 is 9.13 Å². The van der Waals surface area contributed by atoms with Gasteiger partial charge in [-0.05, 0) is 89.4 Å². The quantitative estimate of drug-likeness (QED) is 0.147. The molecule has 0 saturated carbocycles. The summed E-state index contributed by atoms with van der Waals surface area (Å²) in [5, 5.41) is 5.31. The summed E-state index contributed by atoms with van der Waals surface area (Å²) in [6, 6.07) is 59.3. The van der Waals surface area contributed by atoms with Gasteiger partial charge in [0.2, 0.25) is 0 Å². The highest BCUT2D eigenvalue weighted by Crippen LogP contribution is 2.62. The average Bonchev–Trinajstić information content (AvgIpc) is 3.88. The van der Waals surface area contributed by atoms with Gasteiger partial charge in [0.15, 0.2) is 0 Å². The fourth-order valence-corrected chi connectivity index (χ4v) is 12.4. The van der Waals surface area contributed by atoms with Crippen LogP contribution in [0.15, 0.2) is 152 Å². The third-order valence-electron chi connectivity index (χ3n) is 15.0. The summed E-state index contributed by atoms with van der Waals surface area (Å²) in [7, 11) is 0. The van der Waals surface area contributed by atoms with Gasteiger partial charge in [0.05, 0.1) is 22.1 Å². The number of hydrogen-bond acceptors (Lipinski definition) is 0. The molecule has 0 bridgehead atoms. The first kappa shape index (κ1) is 33.3. The van der Waals surface area contributed by atoms with Gasteiger partial charge in [-0.1, -0.05) is 181 Å². The van der Waals surface area contributed by atoms with Gasteiger partial charge in [0.1, 0.15) is 0 Å². The van der Waals surface area contributed by atoms with E-state index in [0.29, 0.717) is 0 Å². The van der Waals surface area contributed by atoms with Gasteiger partial charge in [-0.15, -0.1) is 0 Å². The summed E-state index contributed by atoms with van der Waals surface area (Å²) in [4.78, 5) is 0. The van der Waals surface area contributed by atoms with Crippen LogP contribution in [0, 0.1) is 0 Å². The molecule has 0 N–H and O–H groups in total. The van der Waals surface area contributed by atoms with Gasteiger partial charge in [0.25, 0.3) is 6.71 Å². The lowest BCUT2D eigenvalue weighted by Gasteiger charge is -2.44. The molecular weight excluding hydrogens is 723 g/mol. The second-order valence-electron chi connectivity index (χ2n) is 20.0. The fourth-order valence-electron chi connectivity index (χ4n) is 12.4. The maximum atomic E-state index is 2.72. The van der Waals surface area contributed by atoms with Crippen LogP contribution < -0.4 is 16.4 Å². The molecule has 5 heterocycles. The van der Waals surface area contributed by atoms with Crippen molar-refractivity contribution in [1.29, 1.82) is 0 Å². The number of benzene rings is 8. The highest BCUT2D eigenvalue weighted by Gasteiger charge is 2.54. The molecule has 284 valence electrons. The van der Waals surface area contributed by atoms with Gasteiger partial charge in [-0.2, -0.15) is 0 Å². The predicted octanol–water partition coefficient (Wildman–Crippen LogP) is 12.0. The predicted molar refractivity (Wildman–Crippen MR) is 253 cm³/mol. The zero-order valence-corrected chi connectivity index (χ0v) is 34.9. The Labute approximate surface area is 350 Å². The van der Waals surface area contributed by atoms with Crippen LogP contribution in [0.5, 0.6) is 0 Å². The standard InChI is InChI=1S/C57H43BN2/c1-55(2,3)33-28-32(29-34(30-33)56(4,5)6)41-31-45-54-49-53(41)59-48-27-12-9-18-37(48)38-20-14-25-46(51(38)59)58(49)47-26-15-21-40-39-19-13-24-44(50(39)60(54)52(40)47)57(45)42-22-10-7-16-35(42)36-17-8-11-23-43(36)57/h7-31H,1-6H3. The summed E-state index contributed by atoms with van der Waals surface area (Å²) in [6.07, 6.45) is 0. The minimum Gasteiger partial charge on any atom is -0.310 e. The highest BCUT2D eigenvalue weighted by atomic mass is 15.1. The molecule has 60 heavy (non-hydrogen) atoms. The van der Waals surface area contributed by atoms with Crippen molar-refractivity contribution >= 4 is 66.7 Å². The van der Waals surface area contributed by atoms with Crippen molar-refractivity contribution in [2.75, 3.05) is 0 Å². The summed E-state index contributed by atoms with van der Waals surface area (Å²) in [6.45, 7) is 14.3. The van der Waals surface area contributed by atoms with Gasteiger partial charge in [0, 0.05) is 43.8 Å². The molecule has 14 rings (SSSR count). The number of aromatic nitrogens is 2. The number of rotatable bonds is 1. The van der Waals surface area contributed by atoms with E-state index in [9.17, 15) is 0 Å². The van der Waals surface area contributed by atoms with Crippen molar-refractivity contribution in [2.24, 2.45) is 0 Å². The van der Waals surface area contributed by atoms with Gasteiger partial charge in [-0.3, -0.25) is 0 Å². The minimum absolute atomic E-state index is 0.0386. The monoisotopic (exact) mass is 766 g/mol. The molecular formula is C57H43BN2. The Kier molecular flexibility index (Phi) is 5.87. The Bertz CT molecular complexity index is 3560. The van der Waals surface area contributed by atoms with E-state index in [1.807, 2.05) is 0 Å². The van der Waals surface area contributed by atoms with Crippen molar-refractivity contribution < 1.29 is 0 Å². The molecule has 8 aromatic carbocycles. The molecule has 1 spiro atoms. The zero-order valence-electron chi connectivity index (χ0n) is 34.9. The Morgan fingerprint density at radius 3 is 1.58 bits per heavy atom. The number of hydrogen-bond donors (Lipinski definition) is 0. The number of para-hydroxylation sites is 4. The molecule has 0 radical (unpaired) electrons. The summed E-state index contributed by atoms with van der Waals surface area (Å²) >= 11 is 0. The van der Waals surface area contributed by atoms with Crippen LogP contribution in [0.1, 0.15) is 74.9 Å². The van der Waals surface area contributed by atoms with E-state index in [2.05, 4.69) is 202 Å². The van der Waals surface area contributed by atoms with E-state index in [1.54, 1.807) is 0 Å². The summed E-state index contributed by atoms with van der Waals surface area (Å²) in [5.74, 6) is 0. The van der Waals surface area contributed by atoms with E-state index < -0.39 is 5.41 Å². The molecule has 1 aliphatic carbocycles. The van der Waals surface area contributed by atoms with Crippen molar-refractivity contribution in [1.82, 2.24) is 9.13 Å². The van der Waals surface area contributed by atoms with Crippen LogP contribution in [0.25, 0.3) is 77.2 Å². The fraction of sp³-hybridized carbons (Fsp3) is 0.158. The second-order valence-corrected chi connectivity index (χ2v) is 20.0. The Balaban J connectivity index is 1.29. The largest absolute Gasteiger partial charge is 0.310 e. The van der Waals surface area contributed by atoms with Crippen LogP contribution in [-0.4, -0.2) is 15.8 Å². The highest BCUT2D eigenvalue weighted by molar-refractivity contribution is 7.00. The lowest BCUT2D eigenvalue weighted by atomic mass is 9.33. The van der Waals surface area contributed by atoms with E-state index in [0.717, 1.165) is 0 Å². The molecule has 4 aliphatic rings. The first-order chi connectivity index (χ1) is 29.1. The SMILES string of the molecule is CC(C)(C)c1cc(-c2cc3c4c5c2-n2c6ccccc6c6cccc(c62)B5c2cccc5c6cccc(c6n-4c25)C32c3ccccc3-c3ccccc32)cc(C(C)(C)C)c1. The molecule has 0 unspecified atom stereocenters. The van der Waals surface area contributed by atoms with Crippen LogP contribution in [-0.2, 0) is 16.2 Å². The van der Waals surface area contributed by atoms with Crippen molar-refractivity contribution in [3.05, 3.63) is 185 Å². The molecule has 2 nitrogen and oxygen atoms in total. The molecule has 0 saturated heterocycles. The Hall–Kier alpha value is -6.58. The zero-order chi connectivity index (χ0) is 40.2. The van der Waals surface area contributed by atoms with E-state index in [-0.39, 0.29) is 17.5 Å². The first-order valence-electron chi connectivity index (χ1n) is 21.7.